The van der Waals surface area contributed by atoms with E-state index in [9.17, 15) is 19.7 Å². The second-order valence-corrected chi connectivity index (χ2v) is 9.77. The van der Waals surface area contributed by atoms with Crippen LogP contribution in [0.3, 0.4) is 0 Å². The lowest BCUT2D eigenvalue weighted by molar-refractivity contribution is -0.384. The molecule has 1 aliphatic rings. The number of rotatable bonds is 5. The molecule has 0 bridgehead atoms. The van der Waals surface area contributed by atoms with Gasteiger partial charge in [-0.1, -0.05) is 6.07 Å². The van der Waals surface area contributed by atoms with Gasteiger partial charge in [0.2, 0.25) is 5.91 Å². The number of aryl methyl sites for hydroxylation is 2. The number of H-pyrrole nitrogens is 1. The number of carbonyl (C=O) groups is 1. The Morgan fingerprint density at radius 3 is 2.93 bits per heavy atom. The monoisotopic (exact) mass is 444 g/mol. The van der Waals surface area contributed by atoms with Crippen molar-refractivity contribution in [2.75, 3.05) is 11.4 Å². The molecule has 1 amide bonds. The minimum absolute atomic E-state index is 0.0228. The molecule has 30 heavy (non-hydrogen) atoms. The van der Waals surface area contributed by atoms with Crippen LogP contribution in [-0.4, -0.2) is 32.6 Å². The van der Waals surface area contributed by atoms with E-state index in [2.05, 4.69) is 9.97 Å². The third-order valence-corrected chi connectivity index (χ3v) is 7.59. The third-order valence-electron chi connectivity index (χ3n) is 5.35. The van der Waals surface area contributed by atoms with Gasteiger partial charge in [0.05, 0.1) is 27.0 Å². The summed E-state index contributed by atoms with van der Waals surface area (Å²) >= 11 is 2.88. The highest BCUT2D eigenvalue weighted by molar-refractivity contribution is 7.99. The van der Waals surface area contributed by atoms with Gasteiger partial charge in [-0.05, 0) is 38.3 Å². The second-order valence-electron chi connectivity index (χ2n) is 7.24. The fourth-order valence-electron chi connectivity index (χ4n) is 3.57. The molecule has 3 heterocycles. The number of carbonyl (C=O) groups excluding carboxylic acids is 1. The molecule has 3 aromatic rings. The van der Waals surface area contributed by atoms with Crippen molar-refractivity contribution >= 4 is 50.6 Å². The molecule has 0 saturated heterocycles. The summed E-state index contributed by atoms with van der Waals surface area (Å²) in [5, 5.41) is 11.3. The maximum atomic E-state index is 13.0. The normalized spacial score (nSPS) is 14.2. The van der Waals surface area contributed by atoms with E-state index < -0.39 is 4.92 Å². The Bertz CT molecular complexity index is 1230. The van der Waals surface area contributed by atoms with Crippen LogP contribution in [0.2, 0.25) is 0 Å². The number of hydrogen-bond acceptors (Lipinski definition) is 7. The van der Waals surface area contributed by atoms with Crippen molar-refractivity contribution in [2.45, 2.75) is 38.2 Å². The summed E-state index contributed by atoms with van der Waals surface area (Å²) in [6.45, 7) is 6.19. The Labute approximate surface area is 180 Å². The Morgan fingerprint density at radius 2 is 2.20 bits per heavy atom. The summed E-state index contributed by atoms with van der Waals surface area (Å²) in [6.07, 6.45) is 0.680. The van der Waals surface area contributed by atoms with Gasteiger partial charge >= 0.3 is 0 Å². The average molecular weight is 445 g/mol. The predicted octanol–water partition coefficient (Wildman–Crippen LogP) is 3.72. The lowest BCUT2D eigenvalue weighted by atomic mass is 10.1. The number of nitro benzene ring substituents is 1. The number of aromatic nitrogens is 2. The lowest BCUT2D eigenvalue weighted by Crippen LogP contribution is -2.35. The topological polar surface area (TPSA) is 109 Å². The minimum atomic E-state index is -0.453. The lowest BCUT2D eigenvalue weighted by Gasteiger charge is -2.21. The Kier molecular flexibility index (Phi) is 5.37. The summed E-state index contributed by atoms with van der Waals surface area (Å²) in [6, 6.07) is 4.65. The van der Waals surface area contributed by atoms with Crippen molar-refractivity contribution in [3.63, 3.8) is 0 Å². The van der Waals surface area contributed by atoms with Crippen molar-refractivity contribution < 1.29 is 9.72 Å². The number of thiophene rings is 1. The number of thioether (sulfide) groups is 1. The fraction of sp³-hybridized carbons (Fsp3) is 0.350. The fourth-order valence-corrected chi connectivity index (χ4v) is 5.44. The van der Waals surface area contributed by atoms with Crippen LogP contribution in [-0.2, 0) is 17.0 Å². The highest BCUT2D eigenvalue weighted by Crippen LogP contribution is 2.33. The van der Waals surface area contributed by atoms with Gasteiger partial charge in [-0.3, -0.25) is 19.7 Å². The standard InChI is InChI=1S/C20H20N4O4S2/c1-10-11(2)30-19-17(10)18(25)21-16(22-19)9-29-12(3)20(26)23-7-6-13-4-5-14(24(27)28)8-15(13)23/h4-5,8,12H,6-7,9H2,1-3H3,(H,21,22,25). The molecule has 4 rings (SSSR count). The van der Waals surface area contributed by atoms with E-state index in [-0.39, 0.29) is 22.4 Å². The Morgan fingerprint density at radius 1 is 1.43 bits per heavy atom. The van der Waals surface area contributed by atoms with E-state index in [1.807, 2.05) is 13.8 Å². The minimum Gasteiger partial charge on any atom is -0.311 e. The molecule has 1 atom stereocenters. The molecular weight excluding hydrogens is 424 g/mol. The number of nitro groups is 1. The molecule has 1 unspecified atom stereocenters. The molecule has 0 aliphatic carbocycles. The molecule has 0 fully saturated rings. The summed E-state index contributed by atoms with van der Waals surface area (Å²) in [5.74, 6) is 0.824. The Balaban J connectivity index is 1.49. The van der Waals surface area contributed by atoms with E-state index in [1.54, 1.807) is 17.9 Å². The SMILES string of the molecule is Cc1sc2nc(CSC(C)C(=O)N3CCc4ccc([N+](=O)[O-])cc43)[nH]c(=O)c2c1C. The molecule has 10 heteroatoms. The van der Waals surface area contributed by atoms with Crippen molar-refractivity contribution in [1.82, 2.24) is 9.97 Å². The maximum absolute atomic E-state index is 13.0. The number of nitrogens with zero attached hydrogens (tertiary/aromatic N) is 3. The van der Waals surface area contributed by atoms with Crippen LogP contribution in [0.4, 0.5) is 11.4 Å². The summed E-state index contributed by atoms with van der Waals surface area (Å²) < 4.78 is 0. The van der Waals surface area contributed by atoms with Gasteiger partial charge in [0.15, 0.2) is 0 Å². The van der Waals surface area contributed by atoms with E-state index in [1.165, 1.54) is 35.2 Å². The first-order chi connectivity index (χ1) is 14.3. The zero-order valence-corrected chi connectivity index (χ0v) is 18.4. The smallest absolute Gasteiger partial charge is 0.271 e. The zero-order chi connectivity index (χ0) is 21.6. The maximum Gasteiger partial charge on any atom is 0.271 e. The van der Waals surface area contributed by atoms with Crippen LogP contribution in [0.1, 0.15) is 28.8 Å². The third kappa shape index (κ3) is 3.61. The molecule has 0 spiro atoms. The summed E-state index contributed by atoms with van der Waals surface area (Å²) in [5.41, 5.74) is 2.32. The summed E-state index contributed by atoms with van der Waals surface area (Å²) in [7, 11) is 0. The number of hydrogen-bond donors (Lipinski definition) is 1. The number of benzene rings is 1. The van der Waals surface area contributed by atoms with Crippen LogP contribution in [0.5, 0.6) is 0 Å². The number of anilines is 1. The number of non-ortho nitro benzene ring substituents is 1. The first-order valence-electron chi connectivity index (χ1n) is 9.45. The molecule has 156 valence electrons. The largest absolute Gasteiger partial charge is 0.311 e. The van der Waals surface area contributed by atoms with Crippen LogP contribution in [0.25, 0.3) is 10.2 Å². The highest BCUT2D eigenvalue weighted by Gasteiger charge is 2.30. The van der Waals surface area contributed by atoms with Gasteiger partial charge in [0.25, 0.3) is 11.2 Å². The van der Waals surface area contributed by atoms with Gasteiger partial charge in [0, 0.05) is 23.6 Å². The van der Waals surface area contributed by atoms with Gasteiger partial charge in [0.1, 0.15) is 10.7 Å². The average Bonchev–Trinajstić information content (AvgIpc) is 3.25. The van der Waals surface area contributed by atoms with Crippen molar-refractivity contribution in [3.8, 4) is 0 Å². The molecule has 1 aliphatic heterocycles. The number of fused-ring (bicyclic) bond motifs is 2. The second kappa shape index (κ2) is 7.84. The van der Waals surface area contributed by atoms with E-state index in [0.29, 0.717) is 40.4 Å². The van der Waals surface area contributed by atoms with Crippen LogP contribution < -0.4 is 10.5 Å². The molecule has 1 aromatic carbocycles. The van der Waals surface area contributed by atoms with Gasteiger partial charge in [-0.25, -0.2) is 4.98 Å². The van der Waals surface area contributed by atoms with E-state index >= 15 is 0 Å². The van der Waals surface area contributed by atoms with Gasteiger partial charge in [-0.15, -0.1) is 23.1 Å². The first-order valence-corrected chi connectivity index (χ1v) is 11.3. The van der Waals surface area contributed by atoms with Crippen molar-refractivity contribution in [2.24, 2.45) is 0 Å². The van der Waals surface area contributed by atoms with Gasteiger partial charge < -0.3 is 9.88 Å². The van der Waals surface area contributed by atoms with Crippen molar-refractivity contribution in [1.29, 1.82) is 0 Å². The molecular formula is C20H20N4O4S2. The molecule has 2 aromatic heterocycles. The molecule has 0 saturated carbocycles. The van der Waals surface area contributed by atoms with Crippen LogP contribution >= 0.6 is 23.1 Å². The highest BCUT2D eigenvalue weighted by atomic mass is 32.2. The van der Waals surface area contributed by atoms with Gasteiger partial charge in [-0.2, -0.15) is 0 Å². The van der Waals surface area contributed by atoms with E-state index in [4.69, 9.17) is 0 Å². The zero-order valence-electron chi connectivity index (χ0n) is 16.7. The number of amides is 1. The molecule has 0 radical (unpaired) electrons. The van der Waals surface area contributed by atoms with Crippen LogP contribution in [0.15, 0.2) is 23.0 Å². The van der Waals surface area contributed by atoms with E-state index in [0.717, 1.165) is 16.0 Å². The molecule has 1 N–H and O–H groups in total. The first kappa shape index (κ1) is 20.5. The molecule has 8 nitrogen and oxygen atoms in total. The summed E-state index contributed by atoms with van der Waals surface area (Å²) in [4.78, 5) is 46.8. The van der Waals surface area contributed by atoms with Crippen LogP contribution in [0, 0.1) is 24.0 Å². The Hall–Kier alpha value is -2.72. The number of aromatic amines is 1. The predicted molar refractivity (Wildman–Crippen MR) is 120 cm³/mol. The quantitative estimate of drug-likeness (QED) is 0.474. The van der Waals surface area contributed by atoms with Crippen molar-refractivity contribution in [3.05, 3.63) is 60.5 Å². The number of nitrogens with one attached hydrogen (secondary N) is 1.